The van der Waals surface area contributed by atoms with Crippen molar-refractivity contribution >= 4 is 28.4 Å². The molecule has 1 N–H and O–H groups in total. The van der Waals surface area contributed by atoms with Gasteiger partial charge >= 0.3 is 0 Å². The standard InChI is InChI=1S/C42H45N3O5/c1-29-13-12-14-30(23-29)24-32-16-6-3-2-4-7-17-33-26-42(33,41(48)44-50-34-18-8-5-9-19-34)27-38(46)37-25-35(28-45(37)40(32)47)49-39-36-20-11-10-15-31(36)21-22-43-39/h5,7-15,17-23,32-33,35,37H,2-4,6,16,24-28H2,1H3,(H,44,48)/b17-7-/t32-,33+,35-,37+,42-/m1/s1. The van der Waals surface area contributed by atoms with E-state index in [0.29, 0.717) is 30.9 Å². The molecule has 3 aliphatic rings. The Labute approximate surface area is 293 Å². The van der Waals surface area contributed by atoms with E-state index in [-0.39, 0.29) is 42.4 Å². The van der Waals surface area contributed by atoms with Crippen LogP contribution < -0.4 is 15.1 Å². The largest absolute Gasteiger partial charge is 0.472 e. The van der Waals surface area contributed by atoms with Gasteiger partial charge in [-0.05, 0) is 80.2 Å². The third-order valence-electron chi connectivity index (χ3n) is 10.6. The van der Waals surface area contributed by atoms with E-state index < -0.39 is 17.6 Å². The third kappa shape index (κ3) is 7.44. The molecule has 7 rings (SSSR count). The number of allylic oxidation sites excluding steroid dienone is 2. The maximum atomic E-state index is 14.7. The number of hydrogen-bond donors (Lipinski definition) is 1. The van der Waals surface area contributed by atoms with Gasteiger partial charge in [0.1, 0.15) is 6.10 Å². The van der Waals surface area contributed by atoms with Gasteiger partial charge in [-0.1, -0.05) is 91.2 Å². The van der Waals surface area contributed by atoms with Gasteiger partial charge in [0.25, 0.3) is 5.91 Å². The highest BCUT2D eigenvalue weighted by atomic mass is 16.7. The number of hydrogen-bond acceptors (Lipinski definition) is 6. The second kappa shape index (κ2) is 14.9. The Morgan fingerprint density at radius 2 is 1.82 bits per heavy atom. The Morgan fingerprint density at radius 1 is 0.980 bits per heavy atom. The van der Waals surface area contributed by atoms with Gasteiger partial charge < -0.3 is 14.5 Å². The molecule has 3 heterocycles. The molecule has 50 heavy (non-hydrogen) atoms. The number of nitrogens with zero attached hydrogens (tertiary/aromatic N) is 2. The van der Waals surface area contributed by atoms with Crippen molar-refractivity contribution in [1.82, 2.24) is 15.4 Å². The number of amides is 2. The van der Waals surface area contributed by atoms with E-state index >= 15 is 0 Å². The lowest BCUT2D eigenvalue weighted by atomic mass is 9.89. The maximum Gasteiger partial charge on any atom is 0.259 e. The first-order valence-electron chi connectivity index (χ1n) is 18.0. The summed E-state index contributed by atoms with van der Waals surface area (Å²) >= 11 is 0. The zero-order chi connectivity index (χ0) is 34.5. The first-order chi connectivity index (χ1) is 24.4. The van der Waals surface area contributed by atoms with Crippen molar-refractivity contribution in [3.8, 4) is 11.6 Å². The first kappa shape index (κ1) is 33.5. The molecule has 2 fully saturated rings. The fraction of sp³-hybridized carbons (Fsp3) is 0.381. The summed E-state index contributed by atoms with van der Waals surface area (Å²) in [5.74, 6) is 0.207. The number of carbonyl (C=O) groups excluding carboxylic acids is 3. The molecule has 3 aromatic carbocycles. The fourth-order valence-electron chi connectivity index (χ4n) is 7.79. The molecular formula is C42H45N3O5. The Bertz CT molecular complexity index is 1870. The number of ether oxygens (including phenoxy) is 1. The number of para-hydroxylation sites is 1. The minimum atomic E-state index is -0.936. The first-order valence-corrected chi connectivity index (χ1v) is 18.0. The second-order valence-corrected chi connectivity index (χ2v) is 14.2. The molecule has 8 heteroatoms. The van der Waals surface area contributed by atoms with Crippen LogP contribution in [0, 0.1) is 24.2 Å². The number of aromatic nitrogens is 1. The van der Waals surface area contributed by atoms with E-state index in [2.05, 4.69) is 47.7 Å². The number of hydroxylamine groups is 1. The predicted octanol–water partition coefficient (Wildman–Crippen LogP) is 7.35. The lowest BCUT2D eigenvalue weighted by Crippen LogP contribution is -2.46. The Hall–Kier alpha value is -4.98. The molecule has 0 spiro atoms. The number of carbonyl (C=O) groups is 3. The van der Waals surface area contributed by atoms with Crippen LogP contribution in [-0.2, 0) is 20.8 Å². The summed E-state index contributed by atoms with van der Waals surface area (Å²) in [6, 6.07) is 26.5. The molecule has 4 aromatic rings. The lowest BCUT2D eigenvalue weighted by molar-refractivity contribution is -0.143. The van der Waals surface area contributed by atoms with Crippen molar-refractivity contribution in [3.05, 3.63) is 114 Å². The lowest BCUT2D eigenvalue weighted by Gasteiger charge is -2.29. The minimum absolute atomic E-state index is 0.0161. The Balaban J connectivity index is 1.18. The zero-order valence-electron chi connectivity index (χ0n) is 28.6. The van der Waals surface area contributed by atoms with Gasteiger partial charge in [0.2, 0.25) is 11.8 Å². The van der Waals surface area contributed by atoms with E-state index in [0.717, 1.165) is 54.0 Å². The maximum absolute atomic E-state index is 14.7. The molecule has 1 saturated carbocycles. The molecule has 8 nitrogen and oxygen atoms in total. The van der Waals surface area contributed by atoms with Gasteiger partial charge in [-0.25, -0.2) is 4.98 Å². The number of pyridine rings is 1. The molecule has 5 atom stereocenters. The van der Waals surface area contributed by atoms with Crippen LogP contribution in [0.25, 0.3) is 10.8 Å². The molecule has 1 aliphatic carbocycles. The van der Waals surface area contributed by atoms with Crippen molar-refractivity contribution in [3.63, 3.8) is 0 Å². The molecule has 2 aliphatic heterocycles. The summed E-state index contributed by atoms with van der Waals surface area (Å²) in [5, 5.41) is 1.89. The van der Waals surface area contributed by atoms with Crippen LogP contribution in [0.15, 0.2) is 103 Å². The van der Waals surface area contributed by atoms with Crippen molar-refractivity contribution < 1.29 is 24.0 Å². The van der Waals surface area contributed by atoms with Crippen molar-refractivity contribution in [2.45, 2.75) is 76.9 Å². The van der Waals surface area contributed by atoms with Crippen LogP contribution in [-0.4, -0.2) is 46.2 Å². The highest BCUT2D eigenvalue weighted by molar-refractivity contribution is 5.96. The smallest absolute Gasteiger partial charge is 0.259 e. The normalized spacial score (nSPS) is 26.2. The predicted molar refractivity (Wildman–Crippen MR) is 192 cm³/mol. The molecule has 1 aromatic heterocycles. The van der Waals surface area contributed by atoms with Crippen LogP contribution >= 0.6 is 0 Å². The average molecular weight is 672 g/mol. The zero-order valence-corrected chi connectivity index (χ0v) is 28.6. The summed E-state index contributed by atoms with van der Waals surface area (Å²) in [4.78, 5) is 54.9. The number of nitrogens with one attached hydrogen (secondary N) is 1. The van der Waals surface area contributed by atoms with Crippen molar-refractivity contribution in [2.75, 3.05) is 6.54 Å². The van der Waals surface area contributed by atoms with Crippen LogP contribution in [0.2, 0.25) is 0 Å². The third-order valence-corrected chi connectivity index (χ3v) is 10.6. The van der Waals surface area contributed by atoms with Gasteiger partial charge in [-0.2, -0.15) is 5.48 Å². The van der Waals surface area contributed by atoms with Gasteiger partial charge in [-0.3, -0.25) is 14.4 Å². The number of rotatable bonds is 7. The summed E-state index contributed by atoms with van der Waals surface area (Å²) in [5.41, 5.74) is 3.98. The van der Waals surface area contributed by atoms with Crippen molar-refractivity contribution in [2.24, 2.45) is 17.3 Å². The number of Topliss-reactive ketones (excluding diaryl/α,β-unsaturated/α-hetero) is 1. The number of aryl methyl sites for hydroxylation is 1. The van der Waals surface area contributed by atoms with Crippen LogP contribution in [0.1, 0.15) is 62.5 Å². The summed E-state index contributed by atoms with van der Waals surface area (Å²) in [7, 11) is 0. The second-order valence-electron chi connectivity index (χ2n) is 14.2. The number of benzene rings is 3. The average Bonchev–Trinajstić information content (AvgIpc) is 3.66. The van der Waals surface area contributed by atoms with Crippen molar-refractivity contribution in [1.29, 1.82) is 0 Å². The fourth-order valence-corrected chi connectivity index (χ4v) is 7.79. The van der Waals surface area contributed by atoms with Gasteiger partial charge in [0.05, 0.1) is 18.0 Å². The van der Waals surface area contributed by atoms with E-state index in [9.17, 15) is 14.4 Å². The molecule has 1 saturated heterocycles. The van der Waals surface area contributed by atoms with Crippen LogP contribution in [0.3, 0.4) is 0 Å². The Morgan fingerprint density at radius 3 is 2.68 bits per heavy atom. The number of ketones is 1. The molecule has 0 unspecified atom stereocenters. The molecular weight excluding hydrogens is 626 g/mol. The van der Waals surface area contributed by atoms with Crippen LogP contribution in [0.4, 0.5) is 0 Å². The van der Waals surface area contributed by atoms with Gasteiger partial charge in [-0.15, -0.1) is 0 Å². The molecule has 258 valence electrons. The molecule has 2 amide bonds. The van der Waals surface area contributed by atoms with E-state index in [1.807, 2.05) is 54.6 Å². The van der Waals surface area contributed by atoms with E-state index in [4.69, 9.17) is 9.57 Å². The molecule has 0 radical (unpaired) electrons. The summed E-state index contributed by atoms with van der Waals surface area (Å²) < 4.78 is 6.53. The highest BCUT2D eigenvalue weighted by Crippen LogP contribution is 2.57. The SMILES string of the molecule is Cc1cccc(C[C@H]2CCCCC/C=C\[C@H]3C[C@@]3(C(=O)NOc3ccccc3)CC(=O)[C@@H]3C[C@@H](Oc4nccc5ccccc45)CN3C2=O)c1. The number of fused-ring (bicyclic) bond motifs is 3. The topological polar surface area (TPSA) is 97.8 Å². The minimum Gasteiger partial charge on any atom is -0.472 e. The van der Waals surface area contributed by atoms with Gasteiger partial charge in [0.15, 0.2) is 11.5 Å². The highest BCUT2D eigenvalue weighted by Gasteiger charge is 2.61. The summed E-state index contributed by atoms with van der Waals surface area (Å²) in [6.07, 6.45) is 11.6. The van der Waals surface area contributed by atoms with Crippen LogP contribution in [0.5, 0.6) is 11.6 Å². The molecule has 0 bridgehead atoms. The quantitative estimate of drug-likeness (QED) is 0.163. The monoisotopic (exact) mass is 671 g/mol. The summed E-state index contributed by atoms with van der Waals surface area (Å²) in [6.45, 7) is 2.35. The van der Waals surface area contributed by atoms with Gasteiger partial charge in [0, 0.05) is 30.3 Å². The Kier molecular flexibility index (Phi) is 9.97. The van der Waals surface area contributed by atoms with E-state index in [1.165, 1.54) is 0 Å². The van der Waals surface area contributed by atoms with E-state index in [1.54, 1.807) is 23.2 Å².